The van der Waals surface area contributed by atoms with Gasteiger partial charge in [0, 0.05) is 44.1 Å². The molecule has 0 radical (unpaired) electrons. The maximum absolute atomic E-state index is 9.52. The lowest BCUT2D eigenvalue weighted by Gasteiger charge is -2.29. The van der Waals surface area contributed by atoms with Crippen LogP contribution in [-0.2, 0) is 12.8 Å². The highest BCUT2D eigenvalue weighted by Gasteiger charge is 2.25. The maximum atomic E-state index is 9.52. The summed E-state index contributed by atoms with van der Waals surface area (Å²) in [6.45, 7) is 4.70. The van der Waals surface area contributed by atoms with Gasteiger partial charge in [-0.15, -0.1) is 11.3 Å². The maximum Gasteiger partial charge on any atom is 0.228 e. The molecule has 0 spiro atoms. The van der Waals surface area contributed by atoms with E-state index in [-0.39, 0.29) is 13.2 Å². The van der Waals surface area contributed by atoms with Crippen LogP contribution in [0, 0.1) is 0 Å². The molecule has 2 aromatic heterocycles. The minimum atomic E-state index is 0.0425. The number of aliphatic hydroxyl groups is 2. The van der Waals surface area contributed by atoms with Crippen molar-refractivity contribution in [3.8, 4) is 0 Å². The van der Waals surface area contributed by atoms with Gasteiger partial charge in [-0.05, 0) is 31.2 Å². The number of nitrogens with one attached hydrogen (secondary N) is 1. The number of fused-ring (bicyclic) bond motifs is 3. The quantitative estimate of drug-likeness (QED) is 0.686. The lowest BCUT2D eigenvalue weighted by Crippen LogP contribution is -2.44. The van der Waals surface area contributed by atoms with E-state index in [2.05, 4.69) is 10.2 Å². The van der Waals surface area contributed by atoms with Crippen LogP contribution in [0.5, 0.6) is 0 Å². The van der Waals surface area contributed by atoms with Crippen LogP contribution < -0.4 is 15.1 Å². The summed E-state index contributed by atoms with van der Waals surface area (Å²) >= 11 is 1.80. The Morgan fingerprint density at radius 2 is 1.77 bits per heavy atom. The van der Waals surface area contributed by atoms with Crippen molar-refractivity contribution in [1.82, 2.24) is 15.3 Å². The van der Waals surface area contributed by atoms with Crippen molar-refractivity contribution in [3.63, 3.8) is 0 Å². The van der Waals surface area contributed by atoms with Gasteiger partial charge in [-0.2, -0.15) is 4.98 Å². The van der Waals surface area contributed by atoms with Gasteiger partial charge in [0.25, 0.3) is 0 Å². The largest absolute Gasteiger partial charge is 0.395 e. The second-order valence-corrected chi connectivity index (χ2v) is 7.99. The Balaban J connectivity index is 1.84. The fourth-order valence-corrected chi connectivity index (χ4v) is 5.18. The van der Waals surface area contributed by atoms with Crippen LogP contribution in [0.15, 0.2) is 0 Å². The number of nitrogens with zero attached hydrogens (tertiary/aromatic N) is 4. The van der Waals surface area contributed by atoms with E-state index in [1.165, 1.54) is 23.3 Å². The topological polar surface area (TPSA) is 84.8 Å². The Kier molecular flexibility index (Phi) is 5.54. The minimum Gasteiger partial charge on any atom is -0.395 e. The zero-order valence-electron chi connectivity index (χ0n) is 15.1. The molecule has 3 heterocycles. The number of aryl methyl sites for hydroxylation is 2. The van der Waals surface area contributed by atoms with E-state index in [0.717, 1.165) is 61.0 Å². The number of anilines is 2. The fourth-order valence-electron chi connectivity index (χ4n) is 3.93. The van der Waals surface area contributed by atoms with Crippen LogP contribution >= 0.6 is 11.3 Å². The second kappa shape index (κ2) is 8.04. The normalized spacial score (nSPS) is 17.5. The number of piperazine rings is 1. The van der Waals surface area contributed by atoms with E-state index >= 15 is 0 Å². The third-order valence-corrected chi connectivity index (χ3v) is 6.41. The highest BCUT2D eigenvalue weighted by molar-refractivity contribution is 7.19. The average Bonchev–Trinajstić information content (AvgIpc) is 3.06. The van der Waals surface area contributed by atoms with Gasteiger partial charge in [0.15, 0.2) is 0 Å². The van der Waals surface area contributed by atoms with Gasteiger partial charge in [-0.3, -0.25) is 0 Å². The van der Waals surface area contributed by atoms with Crippen molar-refractivity contribution in [2.75, 3.05) is 62.3 Å². The number of rotatable bonds is 6. The molecule has 26 heavy (non-hydrogen) atoms. The third-order valence-electron chi connectivity index (χ3n) is 5.22. The van der Waals surface area contributed by atoms with Gasteiger partial charge >= 0.3 is 0 Å². The molecule has 2 aliphatic rings. The average molecular weight is 378 g/mol. The molecule has 0 atom stereocenters. The van der Waals surface area contributed by atoms with Gasteiger partial charge in [0.2, 0.25) is 5.95 Å². The van der Waals surface area contributed by atoms with Crippen LogP contribution in [0.4, 0.5) is 11.8 Å². The summed E-state index contributed by atoms with van der Waals surface area (Å²) in [7, 11) is 0. The van der Waals surface area contributed by atoms with E-state index < -0.39 is 0 Å². The summed E-state index contributed by atoms with van der Waals surface area (Å²) in [4.78, 5) is 16.6. The van der Waals surface area contributed by atoms with E-state index in [1.807, 2.05) is 4.90 Å². The Labute approximate surface area is 157 Å². The number of thiophene rings is 1. The van der Waals surface area contributed by atoms with Gasteiger partial charge in [-0.1, -0.05) is 0 Å². The molecule has 1 saturated heterocycles. The van der Waals surface area contributed by atoms with Crippen LogP contribution in [0.25, 0.3) is 10.2 Å². The molecule has 1 fully saturated rings. The molecule has 142 valence electrons. The molecule has 0 bridgehead atoms. The third kappa shape index (κ3) is 3.38. The molecular formula is C18H27N5O2S. The summed E-state index contributed by atoms with van der Waals surface area (Å²) in [5.41, 5.74) is 1.39. The first kappa shape index (κ1) is 17.9. The monoisotopic (exact) mass is 377 g/mol. The SMILES string of the molecule is OCCN(CCO)c1nc(N2CCNCC2)nc2sc3c(c12)CCCC3. The summed E-state index contributed by atoms with van der Waals surface area (Å²) < 4.78 is 0. The zero-order valence-corrected chi connectivity index (χ0v) is 15.9. The minimum absolute atomic E-state index is 0.0425. The van der Waals surface area contributed by atoms with Crippen molar-refractivity contribution in [2.45, 2.75) is 25.7 Å². The summed E-state index contributed by atoms with van der Waals surface area (Å²) in [5, 5.41) is 23.6. The first-order valence-corrected chi connectivity index (χ1v) is 10.4. The molecule has 8 heteroatoms. The Hall–Kier alpha value is -1.48. The molecule has 2 aromatic rings. The van der Waals surface area contributed by atoms with Crippen molar-refractivity contribution in [3.05, 3.63) is 10.4 Å². The Morgan fingerprint density at radius 3 is 2.50 bits per heavy atom. The summed E-state index contributed by atoms with van der Waals surface area (Å²) in [6, 6.07) is 0. The second-order valence-electron chi connectivity index (χ2n) is 6.91. The number of hydrogen-bond donors (Lipinski definition) is 3. The van der Waals surface area contributed by atoms with Crippen molar-refractivity contribution in [2.24, 2.45) is 0 Å². The standard InChI is InChI=1S/C18H27N5O2S/c24-11-9-22(10-12-25)16-15-13-3-1-2-4-14(13)26-17(15)21-18(20-16)23-7-5-19-6-8-23/h19,24-25H,1-12H2. The molecular weight excluding hydrogens is 350 g/mol. The summed E-state index contributed by atoms with van der Waals surface area (Å²) in [5.74, 6) is 1.65. The van der Waals surface area contributed by atoms with Crippen molar-refractivity contribution in [1.29, 1.82) is 0 Å². The predicted octanol–water partition coefficient (Wildman–Crippen LogP) is 0.771. The number of aromatic nitrogens is 2. The van der Waals surface area contributed by atoms with Gasteiger partial charge < -0.3 is 25.3 Å². The molecule has 0 aromatic carbocycles. The van der Waals surface area contributed by atoms with Crippen molar-refractivity contribution >= 4 is 33.3 Å². The number of hydrogen-bond acceptors (Lipinski definition) is 8. The molecule has 0 saturated carbocycles. The first-order chi connectivity index (χ1) is 12.8. The lowest BCUT2D eigenvalue weighted by molar-refractivity contribution is 0.281. The Morgan fingerprint density at radius 1 is 1.04 bits per heavy atom. The van der Waals surface area contributed by atoms with Crippen LogP contribution in [0.1, 0.15) is 23.3 Å². The Bertz CT molecular complexity index is 754. The smallest absolute Gasteiger partial charge is 0.228 e. The lowest BCUT2D eigenvalue weighted by atomic mass is 9.97. The first-order valence-electron chi connectivity index (χ1n) is 9.56. The molecule has 4 rings (SSSR count). The van der Waals surface area contributed by atoms with Gasteiger partial charge in [0.05, 0.1) is 18.6 Å². The predicted molar refractivity (Wildman–Crippen MR) is 106 cm³/mol. The molecule has 3 N–H and O–H groups in total. The van der Waals surface area contributed by atoms with Crippen molar-refractivity contribution < 1.29 is 10.2 Å². The molecule has 0 unspecified atom stereocenters. The van der Waals surface area contributed by atoms with E-state index in [1.54, 1.807) is 11.3 Å². The number of aliphatic hydroxyl groups excluding tert-OH is 2. The van der Waals surface area contributed by atoms with Crippen LogP contribution in [0.3, 0.4) is 0 Å². The van der Waals surface area contributed by atoms with Gasteiger partial charge in [0.1, 0.15) is 10.6 Å². The summed E-state index contributed by atoms with van der Waals surface area (Å²) in [6.07, 6.45) is 4.64. The molecule has 1 aliphatic carbocycles. The van der Waals surface area contributed by atoms with E-state index in [0.29, 0.717) is 13.1 Å². The van der Waals surface area contributed by atoms with Gasteiger partial charge in [-0.25, -0.2) is 4.98 Å². The van der Waals surface area contributed by atoms with Crippen LogP contribution in [-0.4, -0.2) is 72.7 Å². The molecule has 0 amide bonds. The zero-order chi connectivity index (χ0) is 17.9. The molecule has 7 nitrogen and oxygen atoms in total. The van der Waals surface area contributed by atoms with E-state index in [4.69, 9.17) is 9.97 Å². The fraction of sp³-hybridized carbons (Fsp3) is 0.667. The highest BCUT2D eigenvalue weighted by atomic mass is 32.1. The molecule has 1 aliphatic heterocycles. The highest BCUT2D eigenvalue weighted by Crippen LogP contribution is 2.40. The van der Waals surface area contributed by atoms with Crippen LogP contribution in [0.2, 0.25) is 0 Å². The van der Waals surface area contributed by atoms with E-state index in [9.17, 15) is 10.2 Å².